The number of benzene rings is 2. The first-order chi connectivity index (χ1) is 26.6. The molecule has 0 unspecified atom stereocenters. The highest BCUT2D eigenvalue weighted by Gasteiger charge is 2.19. The van der Waals surface area contributed by atoms with Crippen molar-refractivity contribution in [1.29, 1.82) is 0 Å². The summed E-state index contributed by atoms with van der Waals surface area (Å²) in [5.74, 6) is 1.77. The molecular formula is C42H46BBrN4O8. The van der Waals surface area contributed by atoms with E-state index in [0.717, 1.165) is 21.2 Å². The van der Waals surface area contributed by atoms with Crippen LogP contribution < -0.4 is 16.3 Å². The number of pyridine rings is 2. The van der Waals surface area contributed by atoms with Crippen LogP contribution in [0.1, 0.15) is 53.1 Å². The van der Waals surface area contributed by atoms with Crippen molar-refractivity contribution >= 4 is 40.9 Å². The first-order valence-corrected chi connectivity index (χ1v) is 18.5. The minimum Gasteiger partial charge on any atom is -0.468 e. The SMILES string of the molecule is Brc1cnccc1-c1ccccc1.CC(C)(C)OC(=O)NCc1ccc(-c2cnccc2-c2ccccc2)o1.CC(C)(C)OC(=O)NCc1ccc(B(O)O)o1. The fraction of sp³-hybridized carbons (Fsp3) is 0.238. The highest BCUT2D eigenvalue weighted by Crippen LogP contribution is 2.32. The molecule has 0 spiro atoms. The number of ether oxygens (including phenoxy) is 2. The monoisotopic (exact) mass is 824 g/mol. The predicted octanol–water partition coefficient (Wildman–Crippen LogP) is 8.53. The van der Waals surface area contributed by atoms with Gasteiger partial charge in [-0.15, -0.1) is 0 Å². The van der Waals surface area contributed by atoms with Gasteiger partial charge in [0.2, 0.25) is 0 Å². The molecule has 0 atom stereocenters. The third-order valence-electron chi connectivity index (χ3n) is 7.24. The zero-order valence-electron chi connectivity index (χ0n) is 32.2. The van der Waals surface area contributed by atoms with Gasteiger partial charge in [-0.05, 0) is 116 Å². The number of halogens is 1. The Labute approximate surface area is 335 Å². The van der Waals surface area contributed by atoms with E-state index in [-0.39, 0.29) is 18.7 Å². The molecule has 6 rings (SSSR count). The Hall–Kier alpha value is -5.70. The zero-order valence-corrected chi connectivity index (χ0v) is 33.7. The first kappa shape index (κ1) is 43.0. The number of carbonyl (C=O) groups is 2. The van der Waals surface area contributed by atoms with Crippen molar-refractivity contribution in [2.45, 2.75) is 65.8 Å². The van der Waals surface area contributed by atoms with Gasteiger partial charge in [0.25, 0.3) is 0 Å². The molecule has 2 aromatic carbocycles. The largest absolute Gasteiger partial charge is 0.526 e. The van der Waals surface area contributed by atoms with E-state index in [2.05, 4.69) is 48.7 Å². The van der Waals surface area contributed by atoms with Gasteiger partial charge in [-0.25, -0.2) is 9.59 Å². The van der Waals surface area contributed by atoms with E-state index in [0.29, 0.717) is 17.3 Å². The number of furan rings is 2. The first-order valence-electron chi connectivity index (χ1n) is 17.7. The van der Waals surface area contributed by atoms with Crippen molar-refractivity contribution < 1.29 is 37.9 Å². The van der Waals surface area contributed by atoms with Gasteiger partial charge >= 0.3 is 19.3 Å². The van der Waals surface area contributed by atoms with E-state index >= 15 is 0 Å². The Morgan fingerprint density at radius 1 is 0.643 bits per heavy atom. The number of nitrogens with zero attached hydrogens (tertiary/aromatic N) is 2. The number of aromatic nitrogens is 2. The Balaban J connectivity index is 0.000000200. The van der Waals surface area contributed by atoms with Gasteiger partial charge in [0.05, 0.1) is 13.1 Å². The van der Waals surface area contributed by atoms with E-state index in [4.69, 9.17) is 28.4 Å². The summed E-state index contributed by atoms with van der Waals surface area (Å²) in [7, 11) is -1.65. The Morgan fingerprint density at radius 2 is 1.12 bits per heavy atom. The fourth-order valence-electron chi connectivity index (χ4n) is 4.88. The lowest BCUT2D eigenvalue weighted by Crippen LogP contribution is -2.32. The number of alkyl carbamates (subject to hydrolysis) is 2. The Kier molecular flexibility index (Phi) is 15.6. The summed E-state index contributed by atoms with van der Waals surface area (Å²) in [4.78, 5) is 31.3. The molecule has 292 valence electrons. The average molecular weight is 826 g/mol. The molecule has 0 bridgehead atoms. The minimum atomic E-state index is -1.65. The van der Waals surface area contributed by atoms with Crippen molar-refractivity contribution in [2.75, 3.05) is 0 Å². The number of carbonyl (C=O) groups excluding carboxylic acids is 2. The number of hydrogen-bond donors (Lipinski definition) is 4. The summed E-state index contributed by atoms with van der Waals surface area (Å²) >= 11 is 3.47. The maximum atomic E-state index is 11.8. The van der Waals surface area contributed by atoms with Gasteiger partial charge in [0.15, 0.2) is 0 Å². The second kappa shape index (κ2) is 20.3. The van der Waals surface area contributed by atoms with Crippen LogP contribution in [0.15, 0.2) is 135 Å². The molecule has 12 nitrogen and oxygen atoms in total. The standard InChI is InChI=1S/C21H22N2O3.C11H8BrN.C10H16BNO5/c1-21(2,3)26-20(24)23-13-16-9-10-19(25-16)18-14-22-12-11-17(18)15-7-5-4-6-8-15;12-11-8-13-7-6-10(11)9-4-2-1-3-5-9;1-10(2,3)17-9(13)12-6-7-4-5-8(16-7)11(14)15/h4-12,14H,13H2,1-3H3,(H,23,24);1-8H;4-5,14-15H,6H2,1-3H3,(H,12,13). The lowest BCUT2D eigenvalue weighted by atomic mass is 9.88. The number of hydrogen-bond acceptors (Lipinski definition) is 10. The molecule has 6 aromatic rings. The van der Waals surface area contributed by atoms with E-state index in [9.17, 15) is 9.59 Å². The summed E-state index contributed by atoms with van der Waals surface area (Å²) in [5.41, 5.74) is 4.37. The van der Waals surface area contributed by atoms with Gasteiger partial charge < -0.3 is 39.0 Å². The van der Waals surface area contributed by atoms with Crippen LogP contribution >= 0.6 is 15.9 Å². The highest BCUT2D eigenvalue weighted by molar-refractivity contribution is 9.10. The second-order valence-electron chi connectivity index (χ2n) is 14.2. The molecule has 0 aliphatic heterocycles. The van der Waals surface area contributed by atoms with E-state index in [1.54, 1.807) is 45.4 Å². The highest BCUT2D eigenvalue weighted by atomic mass is 79.9. The number of nitrogens with one attached hydrogen (secondary N) is 2. The topological polar surface area (TPSA) is 169 Å². The van der Waals surface area contributed by atoms with Gasteiger partial charge in [-0.3, -0.25) is 9.97 Å². The molecule has 4 N–H and O–H groups in total. The summed E-state index contributed by atoms with van der Waals surface area (Å²) in [5, 5.41) is 22.8. The quantitative estimate of drug-likeness (QED) is 0.109. The molecule has 4 heterocycles. The van der Waals surface area contributed by atoms with Gasteiger partial charge in [-0.1, -0.05) is 60.7 Å². The molecule has 0 aliphatic carbocycles. The van der Waals surface area contributed by atoms with E-state index in [1.807, 2.05) is 99.8 Å². The van der Waals surface area contributed by atoms with Crippen LogP contribution in [-0.2, 0) is 22.6 Å². The maximum Gasteiger partial charge on any atom is 0.526 e. The molecule has 0 fully saturated rings. The van der Waals surface area contributed by atoms with Crippen LogP contribution in [0.4, 0.5) is 9.59 Å². The lowest BCUT2D eigenvalue weighted by Gasteiger charge is -2.19. The Bertz CT molecular complexity index is 2130. The Morgan fingerprint density at radius 3 is 1.62 bits per heavy atom. The third-order valence-corrected chi connectivity index (χ3v) is 7.87. The maximum absolute atomic E-state index is 11.8. The summed E-state index contributed by atoms with van der Waals surface area (Å²) in [6.07, 6.45) is 6.13. The summed E-state index contributed by atoms with van der Waals surface area (Å²) in [6.45, 7) is 11.2. The van der Waals surface area contributed by atoms with Crippen molar-refractivity contribution in [3.63, 3.8) is 0 Å². The van der Waals surface area contributed by atoms with Crippen molar-refractivity contribution in [2.24, 2.45) is 0 Å². The van der Waals surface area contributed by atoms with Crippen LogP contribution in [0.5, 0.6) is 0 Å². The van der Waals surface area contributed by atoms with E-state index in [1.165, 1.54) is 17.2 Å². The second-order valence-corrected chi connectivity index (χ2v) is 15.0. The summed E-state index contributed by atoms with van der Waals surface area (Å²) in [6, 6.07) is 31.0. The van der Waals surface area contributed by atoms with Crippen LogP contribution in [-0.4, -0.2) is 50.5 Å². The van der Waals surface area contributed by atoms with Gasteiger partial charge in [-0.2, -0.15) is 0 Å². The van der Waals surface area contributed by atoms with E-state index < -0.39 is 30.5 Å². The van der Waals surface area contributed by atoms with Crippen molar-refractivity contribution in [1.82, 2.24) is 20.6 Å². The summed E-state index contributed by atoms with van der Waals surface area (Å²) < 4.78 is 22.2. The smallest absolute Gasteiger partial charge is 0.468 e. The van der Waals surface area contributed by atoms with Crippen LogP contribution in [0.2, 0.25) is 0 Å². The molecular weight excluding hydrogens is 779 g/mol. The van der Waals surface area contributed by atoms with Crippen LogP contribution in [0.25, 0.3) is 33.6 Å². The molecule has 14 heteroatoms. The molecule has 0 radical (unpaired) electrons. The van der Waals surface area contributed by atoms with Gasteiger partial charge in [0, 0.05) is 34.8 Å². The van der Waals surface area contributed by atoms with Gasteiger partial charge in [0.1, 0.15) is 34.1 Å². The van der Waals surface area contributed by atoms with Crippen molar-refractivity contribution in [3.05, 3.63) is 138 Å². The number of rotatable bonds is 8. The predicted molar refractivity (Wildman–Crippen MR) is 219 cm³/mol. The average Bonchev–Trinajstić information content (AvgIpc) is 3.84. The third kappa shape index (κ3) is 14.5. The van der Waals surface area contributed by atoms with Crippen LogP contribution in [0.3, 0.4) is 0 Å². The molecule has 2 amide bonds. The molecule has 0 aliphatic rings. The van der Waals surface area contributed by atoms with Crippen molar-refractivity contribution in [3.8, 4) is 33.6 Å². The zero-order chi connectivity index (χ0) is 40.7. The number of amides is 2. The minimum absolute atomic E-state index is 0.0333. The molecule has 0 saturated heterocycles. The fourth-order valence-corrected chi connectivity index (χ4v) is 5.36. The molecule has 56 heavy (non-hydrogen) atoms. The molecule has 4 aromatic heterocycles. The van der Waals surface area contributed by atoms with Crippen LogP contribution in [0, 0.1) is 0 Å². The normalized spacial score (nSPS) is 10.9. The molecule has 0 saturated carbocycles. The lowest BCUT2D eigenvalue weighted by molar-refractivity contribution is 0.0509.